The van der Waals surface area contributed by atoms with Crippen LogP contribution in [-0.4, -0.2) is 74.5 Å². The number of esters is 2. The van der Waals surface area contributed by atoms with Crippen molar-refractivity contribution in [3.63, 3.8) is 0 Å². The van der Waals surface area contributed by atoms with Gasteiger partial charge in [0.05, 0.1) is 25.4 Å². The number of likely N-dealkylation sites (N-methyl/N-ethyl adjacent to an activating group) is 1. The molecule has 1 N–H and O–H groups in total. The maximum atomic E-state index is 11.6. The molecule has 0 aromatic carbocycles. The van der Waals surface area contributed by atoms with Crippen LogP contribution in [0.4, 0.5) is 0 Å². The smallest absolute Gasteiger partial charge is 0.331 e. The first kappa shape index (κ1) is 23.3. The van der Waals surface area contributed by atoms with Crippen LogP contribution in [0.3, 0.4) is 0 Å². The molecule has 0 aliphatic heterocycles. The first-order valence-corrected chi connectivity index (χ1v) is 9.71. The highest BCUT2D eigenvalue weighted by Gasteiger charge is 2.24. The Kier molecular flexibility index (Phi) is 11.0. The van der Waals surface area contributed by atoms with Gasteiger partial charge in [-0.05, 0) is 13.8 Å². The number of hydrogen-bond donors (Lipinski definition) is 1. The Bertz CT molecular complexity index is 565. The van der Waals surface area contributed by atoms with E-state index in [9.17, 15) is 18.0 Å². The van der Waals surface area contributed by atoms with Crippen LogP contribution in [0, 0.1) is 0 Å². The number of rotatable bonds is 13. The molecule has 0 aliphatic carbocycles. The van der Waals surface area contributed by atoms with E-state index in [4.69, 9.17) is 9.29 Å². The molecule has 144 valence electrons. The normalized spacial score (nSPS) is 12.1. The molecular weight excluding hydrogens is 350 g/mol. The lowest BCUT2D eigenvalue weighted by atomic mass is 10.3. The Hall–Kier alpha value is -1.71. The Morgan fingerprint density at radius 2 is 1.64 bits per heavy atom. The summed E-state index contributed by atoms with van der Waals surface area (Å²) >= 11 is 0. The molecule has 25 heavy (non-hydrogen) atoms. The van der Waals surface area contributed by atoms with E-state index in [1.165, 1.54) is 6.08 Å². The van der Waals surface area contributed by atoms with E-state index < -0.39 is 22.1 Å². The lowest BCUT2D eigenvalue weighted by molar-refractivity contribution is -0.925. The lowest BCUT2D eigenvalue weighted by Crippen LogP contribution is -2.50. The zero-order chi connectivity index (χ0) is 19.3. The first-order valence-electron chi connectivity index (χ1n) is 8.10. The SMILES string of the molecule is C=CCOC(=O)/C=C\C(=O)OCC[N+](CC)(CC)CCCS(=O)(=O)O. The van der Waals surface area contributed by atoms with Gasteiger partial charge in [-0.25, -0.2) is 9.59 Å². The van der Waals surface area contributed by atoms with Gasteiger partial charge in [0, 0.05) is 18.6 Å². The number of quaternary nitrogens is 1. The average molecular weight is 378 g/mol. The van der Waals surface area contributed by atoms with Crippen molar-refractivity contribution in [3.05, 3.63) is 24.8 Å². The second-order valence-corrected chi connectivity index (χ2v) is 7.05. The van der Waals surface area contributed by atoms with Gasteiger partial charge in [0.15, 0.2) is 0 Å². The van der Waals surface area contributed by atoms with Gasteiger partial charge in [-0.2, -0.15) is 8.42 Å². The number of carbonyl (C=O) groups is 2. The minimum Gasteiger partial charge on any atom is -0.458 e. The summed E-state index contributed by atoms with van der Waals surface area (Å²) in [4.78, 5) is 22.8. The lowest BCUT2D eigenvalue weighted by Gasteiger charge is -2.36. The van der Waals surface area contributed by atoms with Crippen LogP contribution in [0.25, 0.3) is 0 Å². The standard InChI is InChI=1S/C16H27NO7S/c1-4-12-23-15(18)8-9-16(19)24-13-11-17(5-2,6-3)10-7-14-25(20,21)22/h4,8-9H,1,5-7,10-14H2,2-3H3/p+1/b9-8-. The summed E-state index contributed by atoms with van der Waals surface area (Å²) in [6.07, 6.45) is 3.72. The highest BCUT2D eigenvalue weighted by atomic mass is 32.2. The van der Waals surface area contributed by atoms with Gasteiger partial charge in [0.25, 0.3) is 10.1 Å². The molecule has 0 radical (unpaired) electrons. The third-order valence-electron chi connectivity index (χ3n) is 3.89. The Morgan fingerprint density at radius 3 is 2.12 bits per heavy atom. The molecule has 0 rings (SSSR count). The molecule has 0 saturated carbocycles. The van der Waals surface area contributed by atoms with Crippen LogP contribution in [0.5, 0.6) is 0 Å². The molecule has 8 nitrogen and oxygen atoms in total. The minimum absolute atomic E-state index is 0.0643. The summed E-state index contributed by atoms with van der Waals surface area (Å²) in [6, 6.07) is 0. The van der Waals surface area contributed by atoms with E-state index in [-0.39, 0.29) is 19.0 Å². The van der Waals surface area contributed by atoms with Gasteiger partial charge in [-0.3, -0.25) is 4.55 Å². The highest BCUT2D eigenvalue weighted by molar-refractivity contribution is 7.85. The van der Waals surface area contributed by atoms with Gasteiger partial charge in [0.2, 0.25) is 0 Å². The minimum atomic E-state index is -3.97. The molecule has 0 atom stereocenters. The largest absolute Gasteiger partial charge is 0.458 e. The van der Waals surface area contributed by atoms with Crippen LogP contribution in [0.15, 0.2) is 24.8 Å². The molecule has 0 aromatic heterocycles. The number of ether oxygens (including phenoxy) is 2. The topological polar surface area (TPSA) is 107 Å². The molecule has 0 aromatic rings. The van der Waals surface area contributed by atoms with Crippen molar-refractivity contribution in [2.24, 2.45) is 0 Å². The second-order valence-electron chi connectivity index (χ2n) is 5.48. The van der Waals surface area contributed by atoms with E-state index in [2.05, 4.69) is 11.3 Å². The van der Waals surface area contributed by atoms with Crippen molar-refractivity contribution >= 4 is 22.1 Å². The van der Waals surface area contributed by atoms with Crippen molar-refractivity contribution < 1.29 is 36.5 Å². The zero-order valence-electron chi connectivity index (χ0n) is 14.8. The summed E-state index contributed by atoms with van der Waals surface area (Å²) in [7, 11) is -3.97. The predicted molar refractivity (Wildman–Crippen MR) is 93.4 cm³/mol. The maximum absolute atomic E-state index is 11.6. The van der Waals surface area contributed by atoms with Crippen molar-refractivity contribution in [1.82, 2.24) is 0 Å². The summed E-state index contributed by atoms with van der Waals surface area (Å²) in [5, 5.41) is 0. The van der Waals surface area contributed by atoms with E-state index in [1.54, 1.807) is 0 Å². The van der Waals surface area contributed by atoms with E-state index in [1.807, 2.05) is 13.8 Å². The maximum Gasteiger partial charge on any atom is 0.331 e. The van der Waals surface area contributed by atoms with E-state index in [0.29, 0.717) is 24.0 Å². The quantitative estimate of drug-likeness (QED) is 0.167. The van der Waals surface area contributed by atoms with Crippen molar-refractivity contribution in [1.29, 1.82) is 0 Å². The van der Waals surface area contributed by atoms with Crippen LogP contribution in [0.2, 0.25) is 0 Å². The van der Waals surface area contributed by atoms with Gasteiger partial charge in [-0.15, -0.1) is 0 Å². The monoisotopic (exact) mass is 378 g/mol. The van der Waals surface area contributed by atoms with Crippen LogP contribution in [0.1, 0.15) is 20.3 Å². The van der Waals surface area contributed by atoms with Gasteiger partial charge in [0.1, 0.15) is 19.8 Å². The fraction of sp³-hybridized carbons (Fsp3) is 0.625. The van der Waals surface area contributed by atoms with E-state index in [0.717, 1.165) is 25.2 Å². The summed E-state index contributed by atoms with van der Waals surface area (Å²) < 4.78 is 40.8. The Morgan fingerprint density at radius 1 is 1.08 bits per heavy atom. The third-order valence-corrected chi connectivity index (χ3v) is 4.69. The highest BCUT2D eigenvalue weighted by Crippen LogP contribution is 2.09. The molecule has 0 heterocycles. The fourth-order valence-electron chi connectivity index (χ4n) is 2.26. The molecule has 0 amide bonds. The Balaban J connectivity index is 4.37. The van der Waals surface area contributed by atoms with Gasteiger partial charge in [-0.1, -0.05) is 12.7 Å². The average Bonchev–Trinajstić information content (AvgIpc) is 2.55. The Labute approximate surface area is 149 Å². The summed E-state index contributed by atoms with van der Waals surface area (Å²) in [5.41, 5.74) is 0. The zero-order valence-corrected chi connectivity index (χ0v) is 15.7. The fourth-order valence-corrected chi connectivity index (χ4v) is 2.76. The molecule has 0 spiro atoms. The summed E-state index contributed by atoms with van der Waals surface area (Å²) in [5.74, 6) is -1.60. The molecule has 0 bridgehead atoms. The number of hydrogen-bond acceptors (Lipinski definition) is 6. The molecular formula is C16H28NO7S+. The van der Waals surface area contributed by atoms with Crippen LogP contribution in [-0.2, 0) is 29.2 Å². The molecule has 0 aliphatic rings. The van der Waals surface area contributed by atoms with Crippen molar-refractivity contribution in [3.8, 4) is 0 Å². The van der Waals surface area contributed by atoms with E-state index >= 15 is 0 Å². The van der Waals surface area contributed by atoms with Crippen LogP contribution >= 0.6 is 0 Å². The summed E-state index contributed by atoms with van der Waals surface area (Å²) in [6.45, 7) is 10.1. The molecule has 0 unspecified atom stereocenters. The van der Waals surface area contributed by atoms with Gasteiger partial charge >= 0.3 is 11.9 Å². The molecule has 9 heteroatoms. The first-order chi connectivity index (χ1) is 11.7. The second kappa shape index (κ2) is 11.8. The van der Waals surface area contributed by atoms with Gasteiger partial charge < -0.3 is 14.0 Å². The van der Waals surface area contributed by atoms with Crippen molar-refractivity contribution in [2.75, 3.05) is 45.1 Å². The van der Waals surface area contributed by atoms with Crippen molar-refractivity contribution in [2.45, 2.75) is 20.3 Å². The molecule has 0 saturated heterocycles. The van der Waals surface area contributed by atoms with Crippen LogP contribution < -0.4 is 0 Å². The number of carbonyl (C=O) groups excluding carboxylic acids is 2. The third kappa shape index (κ3) is 11.5. The molecule has 0 fully saturated rings. The predicted octanol–water partition coefficient (Wildman–Crippen LogP) is 0.950. The number of nitrogens with zero attached hydrogens (tertiary/aromatic N) is 1.